The molecule has 1 aliphatic rings. The zero-order valence-electron chi connectivity index (χ0n) is 16.2. The minimum absolute atomic E-state index is 0. The zero-order valence-corrected chi connectivity index (χ0v) is 17.1. The average molecular weight is 379 g/mol. The number of aromatic nitrogens is 3. The van der Waals surface area contributed by atoms with E-state index < -0.39 is 0 Å². The maximum atomic E-state index is 4.65. The predicted octanol–water partition coefficient (Wildman–Crippen LogP) is 2.57. The van der Waals surface area contributed by atoms with Crippen LogP contribution in [0, 0.1) is 0 Å². The van der Waals surface area contributed by atoms with E-state index >= 15 is 0 Å². The minimum atomic E-state index is 0. The summed E-state index contributed by atoms with van der Waals surface area (Å²) in [6.07, 6.45) is 3.82. The van der Waals surface area contributed by atoms with Crippen LogP contribution in [-0.2, 0) is 18.5 Å². The van der Waals surface area contributed by atoms with E-state index in [0.29, 0.717) is 0 Å². The van der Waals surface area contributed by atoms with Gasteiger partial charge >= 0.3 is 0 Å². The molecule has 0 aliphatic carbocycles. The topological polar surface area (TPSA) is 60.1 Å². The van der Waals surface area contributed by atoms with Crippen LogP contribution in [0.15, 0.2) is 24.5 Å². The van der Waals surface area contributed by atoms with E-state index in [9.17, 15) is 0 Å². The molecule has 0 amide bonds. The Morgan fingerprint density at radius 3 is 2.50 bits per heavy atom. The largest absolute Gasteiger partial charge is 0.354 e. The molecular formula is C19H31ClN6. The Morgan fingerprint density at radius 2 is 1.81 bits per heavy atom. The maximum Gasteiger partial charge on any atom is 0.133 e. The van der Waals surface area contributed by atoms with E-state index in [-0.39, 0.29) is 17.8 Å². The van der Waals surface area contributed by atoms with Crippen LogP contribution in [0.4, 0.5) is 5.82 Å². The van der Waals surface area contributed by atoms with Gasteiger partial charge in [0.25, 0.3) is 0 Å². The number of pyridine rings is 1. The van der Waals surface area contributed by atoms with Crippen molar-refractivity contribution in [3.05, 3.63) is 41.3 Å². The van der Waals surface area contributed by atoms with E-state index in [1.807, 2.05) is 18.5 Å². The number of nitrogens with zero attached hydrogens (tertiary/aromatic N) is 4. The molecule has 3 rings (SSSR count). The molecule has 144 valence electrons. The first-order valence-corrected chi connectivity index (χ1v) is 9.06. The van der Waals surface area contributed by atoms with E-state index in [1.54, 1.807) is 0 Å². The molecule has 0 spiro atoms. The van der Waals surface area contributed by atoms with E-state index in [4.69, 9.17) is 0 Å². The first kappa shape index (κ1) is 20.7. The van der Waals surface area contributed by atoms with E-state index in [0.717, 1.165) is 45.1 Å². The molecule has 0 aromatic carbocycles. The fourth-order valence-corrected chi connectivity index (χ4v) is 3.30. The van der Waals surface area contributed by atoms with Crippen LogP contribution in [0.5, 0.6) is 0 Å². The van der Waals surface area contributed by atoms with Gasteiger partial charge in [-0.05, 0) is 13.1 Å². The zero-order chi connectivity index (χ0) is 17.9. The monoisotopic (exact) mass is 378 g/mol. The lowest BCUT2D eigenvalue weighted by Gasteiger charge is -2.34. The second-order valence-electron chi connectivity index (χ2n) is 7.90. The van der Waals surface area contributed by atoms with Crippen molar-refractivity contribution >= 4 is 18.2 Å². The molecular weight excluding hydrogens is 348 g/mol. The summed E-state index contributed by atoms with van der Waals surface area (Å²) in [6, 6.07) is 4.20. The Bertz CT molecular complexity index is 685. The van der Waals surface area contributed by atoms with Crippen LogP contribution >= 0.6 is 12.4 Å². The van der Waals surface area contributed by atoms with Crippen molar-refractivity contribution in [3.8, 4) is 0 Å². The van der Waals surface area contributed by atoms with Crippen molar-refractivity contribution in [3.63, 3.8) is 0 Å². The normalized spacial score (nSPS) is 15.8. The Kier molecular flexibility index (Phi) is 7.03. The Hall–Kier alpha value is -1.63. The Balaban J connectivity index is 0.00000243. The van der Waals surface area contributed by atoms with Gasteiger partial charge in [-0.25, -0.2) is 4.98 Å². The Labute approximate surface area is 162 Å². The summed E-state index contributed by atoms with van der Waals surface area (Å²) >= 11 is 0. The lowest BCUT2D eigenvalue weighted by molar-refractivity contribution is 0.311. The van der Waals surface area contributed by atoms with Gasteiger partial charge in [0, 0.05) is 67.7 Å². The van der Waals surface area contributed by atoms with Crippen molar-refractivity contribution in [2.75, 3.05) is 38.1 Å². The summed E-state index contributed by atoms with van der Waals surface area (Å²) in [5.74, 6) is 1.12. The van der Waals surface area contributed by atoms with Crippen LogP contribution in [0.1, 0.15) is 37.6 Å². The molecule has 2 aromatic heterocycles. The summed E-state index contributed by atoms with van der Waals surface area (Å²) < 4.78 is 0. The smallest absolute Gasteiger partial charge is 0.133 e. The molecule has 0 bridgehead atoms. The van der Waals surface area contributed by atoms with Crippen LogP contribution in [-0.4, -0.2) is 53.3 Å². The van der Waals surface area contributed by atoms with Gasteiger partial charge in [0.2, 0.25) is 0 Å². The highest BCUT2D eigenvalue weighted by molar-refractivity contribution is 5.85. The number of hydrogen-bond acceptors (Lipinski definition) is 5. The van der Waals surface area contributed by atoms with Crippen molar-refractivity contribution in [1.82, 2.24) is 25.4 Å². The molecule has 0 radical (unpaired) electrons. The fraction of sp³-hybridized carbons (Fsp3) is 0.579. The van der Waals surface area contributed by atoms with E-state index in [1.165, 1.54) is 16.8 Å². The van der Waals surface area contributed by atoms with Gasteiger partial charge in [-0.1, -0.05) is 26.8 Å². The summed E-state index contributed by atoms with van der Waals surface area (Å²) in [4.78, 5) is 9.41. The second kappa shape index (κ2) is 8.84. The number of halogens is 1. The highest BCUT2D eigenvalue weighted by Gasteiger charge is 2.20. The van der Waals surface area contributed by atoms with Gasteiger partial charge in [-0.15, -0.1) is 12.4 Å². The molecule has 0 unspecified atom stereocenters. The van der Waals surface area contributed by atoms with Gasteiger partial charge < -0.3 is 15.1 Å². The number of piperazine rings is 1. The average Bonchev–Trinajstić information content (AvgIpc) is 3.05. The molecule has 6 nitrogen and oxygen atoms in total. The molecule has 3 heterocycles. The van der Waals surface area contributed by atoms with Crippen LogP contribution in [0.25, 0.3) is 0 Å². The van der Waals surface area contributed by atoms with Crippen molar-refractivity contribution in [2.24, 2.45) is 0 Å². The maximum absolute atomic E-state index is 4.65. The third kappa shape index (κ3) is 4.96. The minimum Gasteiger partial charge on any atom is -0.354 e. The van der Waals surface area contributed by atoms with Crippen LogP contribution in [0.3, 0.4) is 0 Å². The third-order valence-electron chi connectivity index (χ3n) is 4.77. The van der Waals surface area contributed by atoms with Gasteiger partial charge in [-0.3, -0.25) is 5.10 Å². The summed E-state index contributed by atoms with van der Waals surface area (Å²) in [6.45, 7) is 12.5. The number of anilines is 1. The van der Waals surface area contributed by atoms with E-state index in [2.05, 4.69) is 64.2 Å². The van der Waals surface area contributed by atoms with Gasteiger partial charge in [-0.2, -0.15) is 5.10 Å². The summed E-state index contributed by atoms with van der Waals surface area (Å²) in [7, 11) is 2.18. The number of likely N-dealkylation sites (N-methyl/N-ethyl adjacent to an activating group) is 1. The third-order valence-corrected chi connectivity index (χ3v) is 4.77. The fourth-order valence-electron chi connectivity index (χ4n) is 3.30. The van der Waals surface area contributed by atoms with Crippen molar-refractivity contribution in [2.45, 2.75) is 39.3 Å². The highest BCUT2D eigenvalue weighted by Crippen LogP contribution is 2.23. The predicted molar refractivity (Wildman–Crippen MR) is 109 cm³/mol. The molecule has 1 saturated heterocycles. The van der Waals surface area contributed by atoms with Crippen molar-refractivity contribution < 1.29 is 0 Å². The molecule has 2 N–H and O–H groups in total. The summed E-state index contributed by atoms with van der Waals surface area (Å²) in [5, 5.41) is 10.9. The lowest BCUT2D eigenvalue weighted by Crippen LogP contribution is -2.45. The molecule has 2 aromatic rings. The number of hydrogen-bond donors (Lipinski definition) is 2. The Morgan fingerprint density at radius 1 is 1.12 bits per heavy atom. The molecule has 0 saturated carbocycles. The SMILES string of the molecule is CN1CCN(c2ncccc2CNCc2cn[nH]c2C(C)(C)C)CC1.Cl. The first-order chi connectivity index (χ1) is 11.9. The number of nitrogens with one attached hydrogen (secondary N) is 2. The van der Waals surface area contributed by atoms with Crippen molar-refractivity contribution in [1.29, 1.82) is 0 Å². The molecule has 0 atom stereocenters. The molecule has 1 fully saturated rings. The van der Waals surface area contributed by atoms with Gasteiger partial charge in [0.15, 0.2) is 0 Å². The van der Waals surface area contributed by atoms with Crippen LogP contribution in [0.2, 0.25) is 0 Å². The molecule has 7 heteroatoms. The highest BCUT2D eigenvalue weighted by atomic mass is 35.5. The number of rotatable bonds is 5. The lowest BCUT2D eigenvalue weighted by atomic mass is 9.89. The van der Waals surface area contributed by atoms with Crippen LogP contribution < -0.4 is 10.2 Å². The van der Waals surface area contributed by atoms with Gasteiger partial charge in [0.05, 0.1) is 6.20 Å². The number of aromatic amines is 1. The standard InChI is InChI=1S/C19H30N6.ClH/c1-19(2,3)17-16(14-22-23-17)13-20-12-15-6-5-7-21-18(15)25-10-8-24(4)9-11-25;/h5-7,14,20H,8-13H2,1-4H3,(H,22,23);1H. The number of H-pyrrole nitrogens is 1. The van der Waals surface area contributed by atoms with Gasteiger partial charge in [0.1, 0.15) is 5.82 Å². The second-order valence-corrected chi connectivity index (χ2v) is 7.90. The molecule has 26 heavy (non-hydrogen) atoms. The summed E-state index contributed by atoms with van der Waals surface area (Å²) in [5.41, 5.74) is 3.77. The molecule has 1 aliphatic heterocycles. The first-order valence-electron chi connectivity index (χ1n) is 9.06. The quantitative estimate of drug-likeness (QED) is 0.837.